The third-order valence-electron chi connectivity index (χ3n) is 4.28. The lowest BCUT2D eigenvalue weighted by Gasteiger charge is -2.25. The lowest BCUT2D eigenvalue weighted by molar-refractivity contribution is -0.306. The van der Waals surface area contributed by atoms with E-state index >= 15 is 0 Å². The molecule has 1 saturated heterocycles. The number of aryl methyl sites for hydroxylation is 1. The Morgan fingerprint density at radius 1 is 1.08 bits per heavy atom. The minimum atomic E-state index is -1.48. The van der Waals surface area contributed by atoms with Gasteiger partial charge in [0.15, 0.2) is 0 Å². The minimum Gasteiger partial charge on any atom is -0.548 e. The van der Waals surface area contributed by atoms with Crippen LogP contribution in [0, 0.1) is 6.92 Å². The Labute approximate surface area is 150 Å². The summed E-state index contributed by atoms with van der Waals surface area (Å²) in [5.74, 6) is -3.71. The zero-order valence-corrected chi connectivity index (χ0v) is 14.0. The van der Waals surface area contributed by atoms with Gasteiger partial charge in [-0.1, -0.05) is 60.2 Å². The van der Waals surface area contributed by atoms with E-state index in [0.717, 1.165) is 10.5 Å². The first-order chi connectivity index (χ1) is 12.4. The molecule has 0 bridgehead atoms. The molecule has 0 aromatic heterocycles. The molecular formula is C20H16NO5-. The van der Waals surface area contributed by atoms with Crippen molar-refractivity contribution in [1.29, 1.82) is 0 Å². The van der Waals surface area contributed by atoms with Crippen molar-refractivity contribution < 1.29 is 24.6 Å². The molecule has 6 nitrogen and oxygen atoms in total. The third kappa shape index (κ3) is 3.09. The Bertz CT molecular complexity index is 900. The average molecular weight is 350 g/mol. The fourth-order valence-electron chi connectivity index (χ4n) is 3.03. The van der Waals surface area contributed by atoms with Gasteiger partial charge < -0.3 is 19.9 Å². The van der Waals surface area contributed by atoms with E-state index in [1.165, 1.54) is 0 Å². The van der Waals surface area contributed by atoms with Crippen LogP contribution in [0.2, 0.25) is 0 Å². The minimum absolute atomic E-state index is 0.133. The molecule has 1 amide bonds. The number of aliphatic carboxylic acids is 1. The molecule has 0 saturated carbocycles. The summed E-state index contributed by atoms with van der Waals surface area (Å²) in [7, 11) is 0. The molecular weight excluding hydrogens is 334 g/mol. The highest BCUT2D eigenvalue weighted by molar-refractivity contribution is 6.46. The van der Waals surface area contributed by atoms with Crippen molar-refractivity contribution in [1.82, 2.24) is 4.90 Å². The van der Waals surface area contributed by atoms with Crippen LogP contribution in [0.5, 0.6) is 0 Å². The van der Waals surface area contributed by atoms with Gasteiger partial charge in [0.05, 0.1) is 24.1 Å². The van der Waals surface area contributed by atoms with Gasteiger partial charge in [-0.3, -0.25) is 9.59 Å². The predicted molar refractivity (Wildman–Crippen MR) is 91.6 cm³/mol. The second kappa shape index (κ2) is 6.84. The second-order valence-corrected chi connectivity index (χ2v) is 6.08. The number of ketones is 1. The Kier molecular flexibility index (Phi) is 4.58. The van der Waals surface area contributed by atoms with E-state index in [4.69, 9.17) is 0 Å². The number of Topliss-reactive ketones (excluding diaryl/α,β-unsaturated/α-hetero) is 1. The average Bonchev–Trinajstić information content (AvgIpc) is 2.87. The van der Waals surface area contributed by atoms with Crippen LogP contribution in [0.25, 0.3) is 5.76 Å². The highest BCUT2D eigenvalue weighted by Gasteiger charge is 2.45. The van der Waals surface area contributed by atoms with Crippen molar-refractivity contribution in [3.63, 3.8) is 0 Å². The first kappa shape index (κ1) is 17.4. The number of hydrogen-bond donors (Lipinski definition) is 1. The zero-order valence-electron chi connectivity index (χ0n) is 14.0. The number of carbonyl (C=O) groups is 3. The lowest BCUT2D eigenvalue weighted by atomic mass is 9.95. The van der Waals surface area contributed by atoms with E-state index in [0.29, 0.717) is 11.1 Å². The number of rotatable bonds is 4. The van der Waals surface area contributed by atoms with Gasteiger partial charge in [-0.05, 0) is 12.5 Å². The Morgan fingerprint density at radius 2 is 1.69 bits per heavy atom. The van der Waals surface area contributed by atoms with Crippen molar-refractivity contribution in [3.8, 4) is 0 Å². The fourth-order valence-corrected chi connectivity index (χ4v) is 3.03. The van der Waals surface area contributed by atoms with Crippen LogP contribution in [-0.4, -0.2) is 34.2 Å². The molecule has 1 fully saturated rings. The van der Waals surface area contributed by atoms with E-state index in [-0.39, 0.29) is 11.3 Å². The van der Waals surface area contributed by atoms with Gasteiger partial charge in [-0.15, -0.1) is 0 Å². The molecule has 1 aliphatic rings. The maximum absolute atomic E-state index is 12.5. The summed E-state index contributed by atoms with van der Waals surface area (Å²) < 4.78 is 0. The molecule has 26 heavy (non-hydrogen) atoms. The van der Waals surface area contributed by atoms with E-state index < -0.39 is 30.2 Å². The molecule has 1 heterocycles. The summed E-state index contributed by atoms with van der Waals surface area (Å²) in [5.41, 5.74) is 1.74. The quantitative estimate of drug-likeness (QED) is 0.507. The smallest absolute Gasteiger partial charge is 0.295 e. The van der Waals surface area contributed by atoms with E-state index in [1.54, 1.807) is 54.6 Å². The Morgan fingerprint density at radius 3 is 2.27 bits per heavy atom. The summed E-state index contributed by atoms with van der Waals surface area (Å²) in [6, 6.07) is 14.3. The predicted octanol–water partition coefficient (Wildman–Crippen LogP) is 1.17. The van der Waals surface area contributed by atoms with Crippen LogP contribution in [0.4, 0.5) is 0 Å². The topological polar surface area (TPSA) is 97.7 Å². The summed E-state index contributed by atoms with van der Waals surface area (Å²) in [5, 5.41) is 21.8. The SMILES string of the molecule is Cc1ccc([C@@H]2C(=C(O)c3ccccc3)C(=O)C(=O)N2CC(=O)[O-])cc1. The first-order valence-electron chi connectivity index (χ1n) is 8.00. The first-order valence-corrected chi connectivity index (χ1v) is 8.00. The number of aliphatic hydroxyl groups is 1. The fraction of sp³-hybridized carbons (Fsp3) is 0.150. The van der Waals surface area contributed by atoms with Gasteiger partial charge in [-0.25, -0.2) is 0 Å². The number of likely N-dealkylation sites (tertiary alicyclic amines) is 1. The highest BCUT2D eigenvalue weighted by Crippen LogP contribution is 2.39. The van der Waals surface area contributed by atoms with E-state index in [1.807, 2.05) is 6.92 Å². The lowest BCUT2D eigenvalue weighted by Crippen LogP contribution is -2.40. The number of hydrogen-bond acceptors (Lipinski definition) is 5. The maximum Gasteiger partial charge on any atom is 0.295 e. The summed E-state index contributed by atoms with van der Waals surface area (Å²) in [6.07, 6.45) is 0. The van der Waals surface area contributed by atoms with Gasteiger partial charge in [0.2, 0.25) is 0 Å². The van der Waals surface area contributed by atoms with Crippen molar-refractivity contribution in [2.45, 2.75) is 13.0 Å². The van der Waals surface area contributed by atoms with Crippen LogP contribution >= 0.6 is 0 Å². The number of benzene rings is 2. The number of amides is 1. The number of aliphatic hydroxyl groups excluding tert-OH is 1. The molecule has 2 aromatic rings. The maximum atomic E-state index is 12.5. The van der Waals surface area contributed by atoms with Gasteiger partial charge in [0, 0.05) is 5.56 Å². The third-order valence-corrected chi connectivity index (χ3v) is 4.28. The molecule has 132 valence electrons. The summed E-state index contributed by atoms with van der Waals surface area (Å²) in [4.78, 5) is 36.9. The zero-order chi connectivity index (χ0) is 18.8. The Hall–Kier alpha value is -3.41. The van der Waals surface area contributed by atoms with Crippen LogP contribution in [0.1, 0.15) is 22.7 Å². The number of carboxylic acid groups (broad SMARTS) is 1. The van der Waals surface area contributed by atoms with Gasteiger partial charge in [0.25, 0.3) is 11.7 Å². The molecule has 0 radical (unpaired) electrons. The monoisotopic (exact) mass is 350 g/mol. The van der Waals surface area contributed by atoms with Crippen LogP contribution < -0.4 is 5.11 Å². The van der Waals surface area contributed by atoms with Crippen LogP contribution in [0.3, 0.4) is 0 Å². The van der Waals surface area contributed by atoms with Crippen molar-refractivity contribution in [2.24, 2.45) is 0 Å². The second-order valence-electron chi connectivity index (χ2n) is 6.08. The van der Waals surface area contributed by atoms with Gasteiger partial charge in [0.1, 0.15) is 5.76 Å². The molecule has 0 spiro atoms. The van der Waals surface area contributed by atoms with Crippen LogP contribution in [0.15, 0.2) is 60.2 Å². The molecule has 0 unspecified atom stereocenters. The van der Waals surface area contributed by atoms with Crippen molar-refractivity contribution >= 4 is 23.4 Å². The Balaban J connectivity index is 2.19. The number of carboxylic acids is 1. The molecule has 6 heteroatoms. The van der Waals surface area contributed by atoms with Crippen molar-refractivity contribution in [3.05, 3.63) is 76.9 Å². The molecule has 1 aliphatic heterocycles. The highest BCUT2D eigenvalue weighted by atomic mass is 16.4. The summed E-state index contributed by atoms with van der Waals surface area (Å²) in [6.45, 7) is 1.14. The summed E-state index contributed by atoms with van der Waals surface area (Å²) >= 11 is 0. The normalized spacial score (nSPS) is 19.0. The largest absolute Gasteiger partial charge is 0.548 e. The molecule has 1 N–H and O–H groups in total. The number of carbonyl (C=O) groups excluding carboxylic acids is 3. The van der Waals surface area contributed by atoms with E-state index in [9.17, 15) is 24.6 Å². The van der Waals surface area contributed by atoms with Crippen molar-refractivity contribution in [2.75, 3.05) is 6.54 Å². The molecule has 3 rings (SSSR count). The van der Waals surface area contributed by atoms with Crippen LogP contribution in [-0.2, 0) is 14.4 Å². The number of nitrogens with zero attached hydrogens (tertiary/aromatic N) is 1. The standard InChI is InChI=1S/C20H17NO5/c1-12-7-9-13(10-8-12)17-16(18(24)14-5-3-2-4-6-14)19(25)20(26)21(17)11-15(22)23/h2-10,17,24H,11H2,1H3,(H,22,23)/p-1/t17-/m1/s1. The van der Waals surface area contributed by atoms with Gasteiger partial charge in [-0.2, -0.15) is 0 Å². The molecule has 1 atom stereocenters. The van der Waals surface area contributed by atoms with E-state index in [2.05, 4.69) is 0 Å². The molecule has 2 aromatic carbocycles. The molecule has 0 aliphatic carbocycles. The van der Waals surface area contributed by atoms with Gasteiger partial charge >= 0.3 is 0 Å².